The van der Waals surface area contributed by atoms with Gasteiger partial charge in [0.1, 0.15) is 0 Å². The molecule has 1 aromatic carbocycles. The van der Waals surface area contributed by atoms with E-state index in [0.29, 0.717) is 13.1 Å². The molecule has 4 heterocycles. The van der Waals surface area contributed by atoms with Crippen LogP contribution in [0.2, 0.25) is 0 Å². The molecule has 0 spiro atoms. The average Bonchev–Trinajstić information content (AvgIpc) is 3.10. The minimum absolute atomic E-state index is 0.0663. The van der Waals surface area contributed by atoms with Gasteiger partial charge in [-0.2, -0.15) is 0 Å². The van der Waals surface area contributed by atoms with Gasteiger partial charge in [-0.05, 0) is 50.2 Å². The molecule has 2 amide bonds. The molecule has 2 aromatic rings. The van der Waals surface area contributed by atoms with Gasteiger partial charge < -0.3 is 20.0 Å². The van der Waals surface area contributed by atoms with Crippen LogP contribution in [0.15, 0.2) is 36.4 Å². The molecule has 3 aliphatic rings. The Morgan fingerprint density at radius 1 is 1.25 bits per heavy atom. The van der Waals surface area contributed by atoms with Gasteiger partial charge in [-0.15, -0.1) is 11.3 Å². The van der Waals surface area contributed by atoms with E-state index in [1.54, 1.807) is 6.08 Å². The molecule has 6 nitrogen and oxygen atoms in total. The van der Waals surface area contributed by atoms with Crippen molar-refractivity contribution in [3.63, 3.8) is 0 Å². The van der Waals surface area contributed by atoms with E-state index in [0.717, 1.165) is 33.6 Å². The summed E-state index contributed by atoms with van der Waals surface area (Å²) in [4.78, 5) is 32.1. The Morgan fingerprint density at radius 2 is 2.00 bits per heavy atom. The summed E-state index contributed by atoms with van der Waals surface area (Å²) in [5, 5.41) is 4.22. The van der Waals surface area contributed by atoms with Gasteiger partial charge in [0.05, 0.1) is 17.0 Å². The van der Waals surface area contributed by atoms with E-state index in [2.05, 4.69) is 17.4 Å². The fourth-order valence-electron chi connectivity index (χ4n) is 4.05. The monoisotopic (exact) mass is 398 g/mol. The lowest BCUT2D eigenvalue weighted by Crippen LogP contribution is -2.70. The van der Waals surface area contributed by atoms with Gasteiger partial charge in [0.2, 0.25) is 5.91 Å². The molecule has 0 aliphatic carbocycles. The van der Waals surface area contributed by atoms with E-state index >= 15 is 0 Å². The number of likely N-dealkylation sites (N-methyl/N-ethyl adjacent to an activating group) is 1. The quantitative estimate of drug-likeness (QED) is 0.787. The number of thiophene rings is 1. The summed E-state index contributed by atoms with van der Waals surface area (Å²) in [5.74, 6) is 0.147. The van der Waals surface area contributed by atoms with Crippen LogP contribution >= 0.6 is 11.3 Å². The van der Waals surface area contributed by atoms with Crippen molar-refractivity contribution in [1.82, 2.24) is 14.7 Å². The number of anilines is 1. The van der Waals surface area contributed by atoms with E-state index in [1.807, 2.05) is 54.1 Å². The molecule has 0 saturated carbocycles. The molecule has 3 saturated heterocycles. The van der Waals surface area contributed by atoms with Gasteiger partial charge in [-0.3, -0.25) is 9.59 Å². The lowest BCUT2D eigenvalue weighted by atomic mass is 9.87. The minimum atomic E-state index is 0.0663. The number of hydrogen-bond donors (Lipinski definition) is 1. The van der Waals surface area contributed by atoms with Crippen molar-refractivity contribution in [2.45, 2.75) is 18.5 Å². The van der Waals surface area contributed by atoms with Crippen LogP contribution in [0.25, 0.3) is 10.1 Å². The van der Waals surface area contributed by atoms with Crippen LogP contribution in [0.4, 0.5) is 5.69 Å². The maximum absolute atomic E-state index is 13.0. The van der Waals surface area contributed by atoms with E-state index in [1.165, 1.54) is 11.3 Å². The number of rotatable bonds is 5. The second-order valence-electron chi connectivity index (χ2n) is 7.78. The van der Waals surface area contributed by atoms with Gasteiger partial charge >= 0.3 is 0 Å². The Labute approximate surface area is 169 Å². The number of amides is 2. The molecule has 28 heavy (non-hydrogen) atoms. The summed E-state index contributed by atoms with van der Waals surface area (Å²) in [6.45, 7) is 2.00. The Morgan fingerprint density at radius 3 is 2.68 bits per heavy atom. The van der Waals surface area contributed by atoms with E-state index < -0.39 is 0 Å². The number of hydrogen-bond acceptors (Lipinski definition) is 5. The van der Waals surface area contributed by atoms with Crippen LogP contribution < -0.4 is 5.32 Å². The topological polar surface area (TPSA) is 55.9 Å². The highest BCUT2D eigenvalue weighted by atomic mass is 32.1. The molecular weight excluding hydrogens is 372 g/mol. The minimum Gasteiger partial charge on any atom is -0.388 e. The highest BCUT2D eigenvalue weighted by Gasteiger charge is 2.47. The number of nitrogens with zero attached hydrogens (tertiary/aromatic N) is 3. The number of carbonyl (C=O) groups is 2. The van der Waals surface area contributed by atoms with Crippen LogP contribution in [0.3, 0.4) is 0 Å². The predicted octanol–water partition coefficient (Wildman–Crippen LogP) is 2.49. The third-order valence-corrected chi connectivity index (χ3v) is 6.59. The number of nitrogens with one attached hydrogen (secondary N) is 1. The van der Waals surface area contributed by atoms with Gasteiger partial charge in [0.25, 0.3) is 5.91 Å². The summed E-state index contributed by atoms with van der Waals surface area (Å²) >= 11 is 1.54. The van der Waals surface area contributed by atoms with Crippen LogP contribution in [0, 0.1) is 0 Å². The number of fused-ring (bicyclic) bond motifs is 3. The lowest BCUT2D eigenvalue weighted by Gasteiger charge is -2.55. The molecule has 5 rings (SSSR count). The SMILES string of the molecule is CNc1ccc2sc(C(=O)N3CC4CC(C3)N4C(=O)/C=C/CN(C)C)cc2c1. The fraction of sp³-hybridized carbons (Fsp3) is 0.429. The zero-order chi connectivity index (χ0) is 19.8. The number of piperidine rings is 1. The lowest BCUT2D eigenvalue weighted by molar-refractivity contribution is -0.146. The molecule has 2 atom stereocenters. The molecular formula is C21H26N4O2S. The van der Waals surface area contributed by atoms with Gasteiger partial charge in [-0.1, -0.05) is 6.08 Å². The first-order valence-electron chi connectivity index (χ1n) is 9.60. The van der Waals surface area contributed by atoms with Crippen molar-refractivity contribution in [3.8, 4) is 0 Å². The second kappa shape index (κ2) is 7.56. The molecule has 7 heteroatoms. The Kier molecular flexibility index (Phi) is 5.12. The smallest absolute Gasteiger partial charge is 0.264 e. The second-order valence-corrected chi connectivity index (χ2v) is 8.86. The summed E-state index contributed by atoms with van der Waals surface area (Å²) in [6.07, 6.45) is 4.56. The molecule has 3 fully saturated rings. The Hall–Kier alpha value is -2.38. The molecule has 148 valence electrons. The normalized spacial score (nSPS) is 21.4. The molecule has 2 bridgehead atoms. The van der Waals surface area contributed by atoms with E-state index in [-0.39, 0.29) is 23.9 Å². The first-order chi connectivity index (χ1) is 13.5. The van der Waals surface area contributed by atoms with Gasteiger partial charge in [0, 0.05) is 43.1 Å². The van der Waals surface area contributed by atoms with Gasteiger partial charge in [0.15, 0.2) is 0 Å². The highest BCUT2D eigenvalue weighted by Crippen LogP contribution is 2.35. The third kappa shape index (κ3) is 3.52. The molecule has 1 N–H and O–H groups in total. The standard InChI is InChI=1S/C21H26N4O2S/c1-22-15-6-7-18-14(9-15)10-19(28-18)21(27)24-12-16-11-17(13-24)25(16)20(26)5-4-8-23(2)3/h4-7,9-10,16-17,22H,8,11-13H2,1-3H3/b5-4+. The fourth-order valence-corrected chi connectivity index (χ4v) is 5.06. The maximum Gasteiger partial charge on any atom is 0.264 e. The number of benzene rings is 1. The Balaban J connectivity index is 1.42. The zero-order valence-electron chi connectivity index (χ0n) is 16.5. The summed E-state index contributed by atoms with van der Waals surface area (Å²) in [6, 6.07) is 8.41. The van der Waals surface area contributed by atoms with Crippen molar-refractivity contribution < 1.29 is 9.59 Å². The van der Waals surface area contributed by atoms with E-state index in [9.17, 15) is 9.59 Å². The molecule has 0 radical (unpaired) electrons. The summed E-state index contributed by atoms with van der Waals surface area (Å²) < 4.78 is 1.12. The zero-order valence-corrected chi connectivity index (χ0v) is 17.3. The van der Waals surface area contributed by atoms with Crippen molar-refractivity contribution >= 4 is 38.9 Å². The van der Waals surface area contributed by atoms with Crippen molar-refractivity contribution in [3.05, 3.63) is 41.3 Å². The highest BCUT2D eigenvalue weighted by molar-refractivity contribution is 7.20. The van der Waals surface area contributed by atoms with Crippen LogP contribution in [0.5, 0.6) is 0 Å². The molecule has 3 aliphatic heterocycles. The molecule has 2 unspecified atom stereocenters. The van der Waals surface area contributed by atoms with Gasteiger partial charge in [-0.25, -0.2) is 0 Å². The first-order valence-corrected chi connectivity index (χ1v) is 10.4. The van der Waals surface area contributed by atoms with Crippen LogP contribution in [-0.2, 0) is 4.79 Å². The van der Waals surface area contributed by atoms with Crippen molar-refractivity contribution in [1.29, 1.82) is 0 Å². The maximum atomic E-state index is 13.0. The van der Waals surface area contributed by atoms with Crippen molar-refractivity contribution in [2.24, 2.45) is 0 Å². The largest absolute Gasteiger partial charge is 0.388 e. The Bertz CT molecular complexity index is 924. The first kappa shape index (κ1) is 19.0. The predicted molar refractivity (Wildman–Crippen MR) is 114 cm³/mol. The molecule has 1 aromatic heterocycles. The van der Waals surface area contributed by atoms with Crippen LogP contribution in [0.1, 0.15) is 16.1 Å². The average molecular weight is 399 g/mol. The summed E-state index contributed by atoms with van der Waals surface area (Å²) in [7, 11) is 5.84. The number of piperazine rings is 1. The summed E-state index contributed by atoms with van der Waals surface area (Å²) in [5.41, 5.74) is 1.04. The van der Waals surface area contributed by atoms with E-state index in [4.69, 9.17) is 0 Å². The van der Waals surface area contributed by atoms with Crippen LogP contribution in [-0.4, -0.2) is 79.4 Å². The number of carbonyl (C=O) groups excluding carboxylic acids is 2. The third-order valence-electron chi connectivity index (χ3n) is 5.48. The van der Waals surface area contributed by atoms with Crippen molar-refractivity contribution in [2.75, 3.05) is 46.1 Å².